The molecule has 0 radical (unpaired) electrons. The summed E-state index contributed by atoms with van der Waals surface area (Å²) in [6, 6.07) is 9.74. The van der Waals surface area contributed by atoms with Crippen LogP contribution in [0.25, 0.3) is 0 Å². The highest BCUT2D eigenvalue weighted by Crippen LogP contribution is 2.52. The summed E-state index contributed by atoms with van der Waals surface area (Å²) in [4.78, 5) is 29.6. The molecule has 1 aromatic rings. The van der Waals surface area contributed by atoms with Crippen LogP contribution in [-0.2, 0) is 20.7 Å². The number of carboxylic acid groups (broad SMARTS) is 1. The molecule has 3 fully saturated rings. The predicted octanol–water partition coefficient (Wildman–Crippen LogP) is 2.18. The zero-order valence-corrected chi connectivity index (χ0v) is 16.4. The Hall–Kier alpha value is -1.92. The third-order valence-electron chi connectivity index (χ3n) is 6.79. The SMILES string of the molecule is O=C(CCCN1CCOCC1)N1[C@H]2CC[C@@H]1[C@](Cc1ccccc1)(C(=O)O)C2. The standard InChI is InChI=1S/C22H30N2O4/c25-20(7-4-10-23-11-13-28-14-12-23)24-18-8-9-19(24)22(16-18,21(26)27)15-17-5-2-1-3-6-17/h1-3,5-6,18-19H,4,7-16H2,(H,26,27)/t18-,19+,22+/m0/s1. The van der Waals surface area contributed by atoms with Crippen LogP contribution in [0.5, 0.6) is 0 Å². The summed E-state index contributed by atoms with van der Waals surface area (Å²) < 4.78 is 5.37. The van der Waals surface area contributed by atoms with E-state index in [1.807, 2.05) is 35.2 Å². The molecule has 3 aliphatic rings. The van der Waals surface area contributed by atoms with Gasteiger partial charge >= 0.3 is 5.97 Å². The van der Waals surface area contributed by atoms with E-state index in [0.29, 0.717) is 19.3 Å². The van der Waals surface area contributed by atoms with E-state index < -0.39 is 11.4 Å². The maximum Gasteiger partial charge on any atom is 0.312 e. The molecule has 0 aliphatic carbocycles. The zero-order chi connectivity index (χ0) is 19.6. The van der Waals surface area contributed by atoms with Gasteiger partial charge in [-0.3, -0.25) is 14.5 Å². The molecule has 4 rings (SSSR count). The van der Waals surface area contributed by atoms with Crippen LogP contribution in [0, 0.1) is 5.41 Å². The van der Waals surface area contributed by atoms with Gasteiger partial charge in [-0.15, -0.1) is 0 Å². The smallest absolute Gasteiger partial charge is 0.312 e. The molecule has 6 heteroatoms. The molecule has 0 unspecified atom stereocenters. The lowest BCUT2D eigenvalue weighted by Gasteiger charge is -2.33. The van der Waals surface area contributed by atoms with E-state index in [-0.39, 0.29) is 18.0 Å². The van der Waals surface area contributed by atoms with E-state index in [1.54, 1.807) is 0 Å². The molecule has 28 heavy (non-hydrogen) atoms. The van der Waals surface area contributed by atoms with Crippen molar-refractivity contribution in [2.75, 3.05) is 32.8 Å². The van der Waals surface area contributed by atoms with E-state index in [4.69, 9.17) is 4.74 Å². The average Bonchev–Trinajstić information content (AvgIpc) is 3.26. The van der Waals surface area contributed by atoms with Crippen LogP contribution >= 0.6 is 0 Å². The third kappa shape index (κ3) is 3.67. The van der Waals surface area contributed by atoms with Crippen molar-refractivity contribution in [3.05, 3.63) is 35.9 Å². The normalized spacial score (nSPS) is 29.9. The minimum absolute atomic E-state index is 0.0840. The lowest BCUT2D eigenvalue weighted by Crippen LogP contribution is -2.46. The molecule has 3 saturated heterocycles. The number of carboxylic acids is 1. The van der Waals surface area contributed by atoms with E-state index >= 15 is 0 Å². The monoisotopic (exact) mass is 386 g/mol. The van der Waals surface area contributed by atoms with Gasteiger partial charge in [-0.25, -0.2) is 0 Å². The minimum atomic E-state index is -0.843. The lowest BCUT2D eigenvalue weighted by atomic mass is 9.70. The van der Waals surface area contributed by atoms with Gasteiger partial charge in [0.1, 0.15) is 0 Å². The Morgan fingerprint density at radius 2 is 1.89 bits per heavy atom. The van der Waals surface area contributed by atoms with Crippen molar-refractivity contribution in [1.82, 2.24) is 9.80 Å². The molecule has 2 bridgehead atoms. The molecule has 3 heterocycles. The molecule has 1 N–H and O–H groups in total. The van der Waals surface area contributed by atoms with Gasteiger partial charge in [-0.1, -0.05) is 30.3 Å². The number of fused-ring (bicyclic) bond motifs is 2. The average molecular weight is 386 g/mol. The Kier molecular flexibility index (Phi) is 5.69. The van der Waals surface area contributed by atoms with Gasteiger partial charge in [-0.05, 0) is 44.2 Å². The molecular weight excluding hydrogens is 356 g/mol. The first-order chi connectivity index (χ1) is 13.6. The summed E-state index contributed by atoms with van der Waals surface area (Å²) in [6.07, 6.45) is 4.15. The number of hydrogen-bond acceptors (Lipinski definition) is 4. The van der Waals surface area contributed by atoms with Gasteiger partial charge in [0.15, 0.2) is 0 Å². The fourth-order valence-corrected chi connectivity index (χ4v) is 5.42. The molecule has 0 saturated carbocycles. The summed E-state index contributed by atoms with van der Waals surface area (Å²) >= 11 is 0. The van der Waals surface area contributed by atoms with Crippen LogP contribution < -0.4 is 0 Å². The number of rotatable bonds is 7. The third-order valence-corrected chi connectivity index (χ3v) is 6.79. The topological polar surface area (TPSA) is 70.1 Å². The van der Waals surface area contributed by atoms with Crippen LogP contribution in [0.4, 0.5) is 0 Å². The summed E-state index contributed by atoms with van der Waals surface area (Å²) in [5, 5.41) is 10.1. The second-order valence-corrected chi connectivity index (χ2v) is 8.43. The molecule has 0 spiro atoms. The minimum Gasteiger partial charge on any atom is -0.481 e. The molecular formula is C22H30N2O4. The fraction of sp³-hybridized carbons (Fsp3) is 0.636. The Bertz CT molecular complexity index is 704. The highest BCUT2D eigenvalue weighted by atomic mass is 16.5. The second-order valence-electron chi connectivity index (χ2n) is 8.43. The van der Waals surface area contributed by atoms with Crippen LogP contribution in [0.2, 0.25) is 0 Å². The zero-order valence-electron chi connectivity index (χ0n) is 16.4. The van der Waals surface area contributed by atoms with Crippen molar-refractivity contribution in [3.63, 3.8) is 0 Å². The predicted molar refractivity (Wildman–Crippen MR) is 105 cm³/mol. The summed E-state index contributed by atoms with van der Waals surface area (Å²) in [5.74, 6) is -0.619. The molecule has 152 valence electrons. The van der Waals surface area contributed by atoms with E-state index in [2.05, 4.69) is 4.90 Å². The first-order valence-electron chi connectivity index (χ1n) is 10.5. The van der Waals surface area contributed by atoms with Crippen LogP contribution in [0.1, 0.15) is 37.7 Å². The van der Waals surface area contributed by atoms with E-state index in [1.165, 1.54) is 0 Å². The molecule has 3 aliphatic heterocycles. The van der Waals surface area contributed by atoms with Crippen molar-refractivity contribution in [3.8, 4) is 0 Å². The second kappa shape index (κ2) is 8.21. The van der Waals surface area contributed by atoms with Crippen molar-refractivity contribution in [1.29, 1.82) is 0 Å². The highest BCUT2D eigenvalue weighted by molar-refractivity contribution is 5.83. The van der Waals surface area contributed by atoms with Gasteiger partial charge in [0, 0.05) is 31.6 Å². The largest absolute Gasteiger partial charge is 0.481 e. The van der Waals surface area contributed by atoms with Gasteiger partial charge in [-0.2, -0.15) is 0 Å². The van der Waals surface area contributed by atoms with Crippen LogP contribution in [-0.4, -0.2) is 71.7 Å². The number of amides is 1. The van der Waals surface area contributed by atoms with Crippen molar-refractivity contribution in [2.24, 2.45) is 5.41 Å². The van der Waals surface area contributed by atoms with Gasteiger partial charge < -0.3 is 14.7 Å². The number of aliphatic carboxylic acids is 1. The first-order valence-corrected chi connectivity index (χ1v) is 10.5. The number of carbonyl (C=O) groups excluding carboxylic acids is 1. The van der Waals surface area contributed by atoms with Gasteiger partial charge in [0.2, 0.25) is 5.91 Å². The van der Waals surface area contributed by atoms with E-state index in [0.717, 1.165) is 57.7 Å². The van der Waals surface area contributed by atoms with Crippen molar-refractivity contribution in [2.45, 2.75) is 50.6 Å². The lowest BCUT2D eigenvalue weighted by molar-refractivity contribution is -0.151. The molecule has 3 atom stereocenters. The Balaban J connectivity index is 1.41. The number of ether oxygens (including phenoxy) is 1. The molecule has 1 amide bonds. The van der Waals surface area contributed by atoms with Gasteiger partial charge in [0.25, 0.3) is 0 Å². The van der Waals surface area contributed by atoms with Crippen LogP contribution in [0.15, 0.2) is 30.3 Å². The Morgan fingerprint density at radius 1 is 1.14 bits per heavy atom. The molecule has 0 aromatic heterocycles. The number of carbonyl (C=O) groups is 2. The number of morpholine rings is 1. The highest BCUT2D eigenvalue weighted by Gasteiger charge is 2.61. The maximum absolute atomic E-state index is 13.0. The number of hydrogen-bond donors (Lipinski definition) is 1. The Labute approximate surface area is 166 Å². The molecule has 6 nitrogen and oxygen atoms in total. The number of nitrogens with zero attached hydrogens (tertiary/aromatic N) is 2. The van der Waals surface area contributed by atoms with Crippen molar-refractivity contribution < 1.29 is 19.4 Å². The van der Waals surface area contributed by atoms with E-state index in [9.17, 15) is 14.7 Å². The number of benzene rings is 1. The van der Waals surface area contributed by atoms with Crippen LogP contribution in [0.3, 0.4) is 0 Å². The quantitative estimate of drug-likeness (QED) is 0.778. The first kappa shape index (κ1) is 19.4. The fourth-order valence-electron chi connectivity index (χ4n) is 5.42. The Morgan fingerprint density at radius 3 is 2.61 bits per heavy atom. The summed E-state index contributed by atoms with van der Waals surface area (Å²) in [5.41, 5.74) is 0.196. The maximum atomic E-state index is 13.0. The summed E-state index contributed by atoms with van der Waals surface area (Å²) in [6.45, 7) is 4.31. The van der Waals surface area contributed by atoms with Crippen molar-refractivity contribution >= 4 is 11.9 Å². The summed E-state index contributed by atoms with van der Waals surface area (Å²) in [7, 11) is 0. The molecule has 1 aromatic carbocycles. The van der Waals surface area contributed by atoms with Gasteiger partial charge in [0.05, 0.1) is 18.6 Å².